The molecule has 3 N–H and O–H groups in total. The summed E-state index contributed by atoms with van der Waals surface area (Å²) in [4.78, 5) is 20.2. The predicted octanol–water partition coefficient (Wildman–Crippen LogP) is 5.18. The minimum Gasteiger partial charge on any atom is -0.456 e. The number of likely N-dealkylation sites (tertiary alicyclic amines) is 1. The molecule has 7 rings (SSSR count). The van der Waals surface area contributed by atoms with Crippen molar-refractivity contribution in [3.63, 3.8) is 0 Å². The molecule has 1 atom stereocenters. The number of benzene rings is 3. The highest BCUT2D eigenvalue weighted by molar-refractivity contribution is 5.74. The number of pyridine rings is 1. The van der Waals surface area contributed by atoms with Crippen molar-refractivity contribution >= 4 is 11.4 Å². The number of morpholine rings is 1. The molecule has 0 saturated carbocycles. The summed E-state index contributed by atoms with van der Waals surface area (Å²) in [5, 5.41) is 14.4. The maximum absolute atomic E-state index is 12.6. The zero-order chi connectivity index (χ0) is 29.2. The van der Waals surface area contributed by atoms with E-state index in [1.165, 1.54) is 0 Å². The molecule has 0 aliphatic carbocycles. The second-order valence-electron chi connectivity index (χ2n) is 11.8. The Labute approximate surface area is 251 Å². The molecule has 1 aromatic heterocycles. The van der Waals surface area contributed by atoms with E-state index in [1.807, 2.05) is 48.5 Å². The van der Waals surface area contributed by atoms with Crippen molar-refractivity contribution in [3.8, 4) is 22.8 Å². The molecular formula is C35H38N4O4. The van der Waals surface area contributed by atoms with Crippen LogP contribution in [0.4, 0.5) is 11.4 Å². The molecule has 3 aromatic carbocycles. The number of aliphatic hydroxyl groups excluding tert-OH is 1. The van der Waals surface area contributed by atoms with Gasteiger partial charge in [-0.15, -0.1) is 0 Å². The molecule has 1 unspecified atom stereocenters. The van der Waals surface area contributed by atoms with Crippen LogP contribution in [0.2, 0.25) is 0 Å². The van der Waals surface area contributed by atoms with Gasteiger partial charge < -0.3 is 34.7 Å². The molecule has 2 saturated heterocycles. The Morgan fingerprint density at radius 2 is 1.72 bits per heavy atom. The topological polar surface area (TPSA) is 90.1 Å². The van der Waals surface area contributed by atoms with Crippen LogP contribution in [0.3, 0.4) is 0 Å². The monoisotopic (exact) mass is 578 g/mol. The van der Waals surface area contributed by atoms with E-state index in [2.05, 4.69) is 44.4 Å². The average molecular weight is 579 g/mol. The van der Waals surface area contributed by atoms with E-state index in [1.54, 1.807) is 6.07 Å². The number of aromatic amines is 1. The molecule has 43 heavy (non-hydrogen) atoms. The number of fused-ring (bicyclic) bond motifs is 2. The Morgan fingerprint density at radius 3 is 2.53 bits per heavy atom. The zero-order valence-electron chi connectivity index (χ0n) is 24.3. The fourth-order valence-electron chi connectivity index (χ4n) is 6.48. The lowest BCUT2D eigenvalue weighted by molar-refractivity contribution is 0.0991. The lowest BCUT2D eigenvalue weighted by atomic mass is 9.95. The van der Waals surface area contributed by atoms with Gasteiger partial charge in [0.2, 0.25) is 5.56 Å². The Hall–Kier alpha value is -4.11. The van der Waals surface area contributed by atoms with E-state index in [0.717, 1.165) is 96.3 Å². The number of aromatic nitrogens is 1. The summed E-state index contributed by atoms with van der Waals surface area (Å²) in [6, 6.07) is 26.5. The first kappa shape index (κ1) is 27.7. The number of β-amino-alcohol motifs (C(OH)–C–C–N with tert-alkyl or cyclic N) is 1. The van der Waals surface area contributed by atoms with Gasteiger partial charge in [-0.25, -0.2) is 0 Å². The van der Waals surface area contributed by atoms with Gasteiger partial charge in [-0.1, -0.05) is 42.5 Å². The number of hydrogen-bond acceptors (Lipinski definition) is 7. The highest BCUT2D eigenvalue weighted by Crippen LogP contribution is 2.43. The van der Waals surface area contributed by atoms with Crippen molar-refractivity contribution in [3.05, 3.63) is 106 Å². The SMILES string of the molecule is O=c1cc(N2CCOCC2)cc(-c2cccc3c2Oc2ccc(NC4CCN(CC(O)c5ccccc5)CC4)cc2C3)[nH]1. The quantitative estimate of drug-likeness (QED) is 0.245. The van der Waals surface area contributed by atoms with Gasteiger partial charge in [0.1, 0.15) is 11.5 Å². The van der Waals surface area contributed by atoms with Crippen molar-refractivity contribution < 1.29 is 14.6 Å². The van der Waals surface area contributed by atoms with Gasteiger partial charge in [0.05, 0.1) is 25.0 Å². The minimum atomic E-state index is -0.455. The number of anilines is 2. The van der Waals surface area contributed by atoms with Crippen molar-refractivity contribution in [1.82, 2.24) is 9.88 Å². The third-order valence-corrected chi connectivity index (χ3v) is 8.82. The zero-order valence-corrected chi connectivity index (χ0v) is 24.3. The number of aliphatic hydroxyl groups is 1. The van der Waals surface area contributed by atoms with E-state index in [9.17, 15) is 9.90 Å². The van der Waals surface area contributed by atoms with Gasteiger partial charge >= 0.3 is 0 Å². The van der Waals surface area contributed by atoms with Gasteiger partial charge in [-0.2, -0.15) is 0 Å². The van der Waals surface area contributed by atoms with Crippen LogP contribution < -0.4 is 20.5 Å². The number of nitrogens with one attached hydrogen (secondary N) is 2. The number of H-pyrrole nitrogens is 1. The van der Waals surface area contributed by atoms with Crippen LogP contribution in [-0.4, -0.2) is 67.0 Å². The molecular weight excluding hydrogens is 540 g/mol. The van der Waals surface area contributed by atoms with Gasteiger partial charge in [0.25, 0.3) is 0 Å². The van der Waals surface area contributed by atoms with Crippen LogP contribution in [0.25, 0.3) is 11.3 Å². The second-order valence-corrected chi connectivity index (χ2v) is 11.8. The second kappa shape index (κ2) is 12.2. The maximum atomic E-state index is 12.6. The van der Waals surface area contributed by atoms with E-state index >= 15 is 0 Å². The summed E-state index contributed by atoms with van der Waals surface area (Å²) in [6.45, 7) is 5.45. The van der Waals surface area contributed by atoms with Crippen molar-refractivity contribution in [2.45, 2.75) is 31.4 Å². The molecule has 0 bridgehead atoms. The fraction of sp³-hybridized carbons (Fsp3) is 0.343. The third-order valence-electron chi connectivity index (χ3n) is 8.82. The Balaban J connectivity index is 1.02. The standard InChI is InChI=1S/C35H38N4O4/c40-32(24-5-2-1-3-6-24)23-38-13-11-27(12-14-38)36-28-9-10-33-26(20-28)19-25-7-4-8-30(35(25)43-33)31-21-29(22-34(41)37-31)39-15-17-42-18-16-39/h1-10,20-22,27,32,36,40H,11-19,23H2,(H,37,41). The first-order valence-electron chi connectivity index (χ1n) is 15.3. The molecule has 4 heterocycles. The van der Waals surface area contributed by atoms with Gasteiger partial charge in [-0.05, 0) is 54.3 Å². The normalized spacial score (nSPS) is 17.9. The molecule has 0 amide bonds. The molecule has 0 spiro atoms. The summed E-state index contributed by atoms with van der Waals surface area (Å²) in [5.41, 5.74) is 6.76. The van der Waals surface area contributed by atoms with Crippen molar-refractivity contribution in [1.29, 1.82) is 0 Å². The average Bonchev–Trinajstić information content (AvgIpc) is 3.05. The largest absolute Gasteiger partial charge is 0.456 e. The van der Waals surface area contributed by atoms with Gasteiger partial charge in [0.15, 0.2) is 0 Å². The molecule has 8 heteroatoms. The number of hydrogen-bond donors (Lipinski definition) is 3. The van der Waals surface area contributed by atoms with Gasteiger partial charge in [0, 0.05) is 73.8 Å². The summed E-state index contributed by atoms with van der Waals surface area (Å²) in [6.07, 6.45) is 2.37. The smallest absolute Gasteiger partial charge is 0.250 e. The number of ether oxygens (including phenoxy) is 2. The van der Waals surface area contributed by atoms with Crippen LogP contribution >= 0.6 is 0 Å². The Kier molecular flexibility index (Phi) is 7.89. The van der Waals surface area contributed by atoms with Gasteiger partial charge in [-0.3, -0.25) is 4.79 Å². The lowest BCUT2D eigenvalue weighted by Crippen LogP contribution is -2.40. The first-order chi connectivity index (χ1) is 21.1. The molecule has 2 fully saturated rings. The van der Waals surface area contributed by atoms with Crippen LogP contribution in [-0.2, 0) is 11.2 Å². The molecule has 3 aliphatic rings. The van der Waals surface area contributed by atoms with Crippen LogP contribution in [0, 0.1) is 0 Å². The fourth-order valence-corrected chi connectivity index (χ4v) is 6.48. The summed E-state index contributed by atoms with van der Waals surface area (Å²) in [7, 11) is 0. The van der Waals surface area contributed by atoms with Crippen LogP contribution in [0.15, 0.2) is 83.7 Å². The third kappa shape index (κ3) is 6.18. The number of nitrogens with zero attached hydrogens (tertiary/aromatic N) is 2. The summed E-state index contributed by atoms with van der Waals surface area (Å²) in [5.74, 6) is 1.65. The van der Waals surface area contributed by atoms with E-state index < -0.39 is 6.10 Å². The molecule has 0 radical (unpaired) electrons. The first-order valence-corrected chi connectivity index (χ1v) is 15.3. The van der Waals surface area contributed by atoms with Crippen LogP contribution in [0.5, 0.6) is 11.5 Å². The lowest BCUT2D eigenvalue weighted by Gasteiger charge is -2.34. The van der Waals surface area contributed by atoms with Crippen molar-refractivity contribution in [2.75, 3.05) is 56.2 Å². The number of para-hydroxylation sites is 1. The molecule has 222 valence electrons. The molecule has 3 aliphatic heterocycles. The number of rotatable bonds is 7. The van der Waals surface area contributed by atoms with E-state index in [4.69, 9.17) is 9.47 Å². The van der Waals surface area contributed by atoms with Crippen LogP contribution in [0.1, 0.15) is 35.6 Å². The van der Waals surface area contributed by atoms with E-state index in [0.29, 0.717) is 25.8 Å². The summed E-state index contributed by atoms with van der Waals surface area (Å²) >= 11 is 0. The summed E-state index contributed by atoms with van der Waals surface area (Å²) < 4.78 is 12.0. The Bertz CT molecular complexity index is 1620. The number of piperidine rings is 1. The predicted molar refractivity (Wildman–Crippen MR) is 169 cm³/mol. The van der Waals surface area contributed by atoms with E-state index in [-0.39, 0.29) is 5.56 Å². The molecule has 4 aromatic rings. The Morgan fingerprint density at radius 1 is 0.907 bits per heavy atom. The van der Waals surface area contributed by atoms with Crippen molar-refractivity contribution in [2.24, 2.45) is 0 Å². The maximum Gasteiger partial charge on any atom is 0.250 e. The minimum absolute atomic E-state index is 0.123. The highest BCUT2D eigenvalue weighted by Gasteiger charge is 2.24. The highest BCUT2D eigenvalue weighted by atomic mass is 16.5. The molecule has 8 nitrogen and oxygen atoms in total.